The lowest BCUT2D eigenvalue weighted by Gasteiger charge is -2.20. The fourth-order valence-corrected chi connectivity index (χ4v) is 3.56. The molecule has 0 N–H and O–H groups in total. The quantitative estimate of drug-likeness (QED) is 0.513. The molecule has 0 aliphatic heterocycles. The minimum atomic E-state index is 0.0431. The number of rotatable bonds is 10. The monoisotopic (exact) mass is 370 g/mol. The van der Waals surface area contributed by atoms with Gasteiger partial charge in [-0.05, 0) is 50.3 Å². The second-order valence-corrected chi connectivity index (χ2v) is 7.57. The maximum Gasteiger partial charge on any atom is 0.253 e. The zero-order valence-electron chi connectivity index (χ0n) is 17.5. The second-order valence-electron chi connectivity index (χ2n) is 7.57. The van der Waals surface area contributed by atoms with Crippen LogP contribution in [0.2, 0.25) is 0 Å². The third-order valence-electron chi connectivity index (χ3n) is 5.34. The van der Waals surface area contributed by atoms with E-state index >= 15 is 0 Å². The number of amides is 1. The molecule has 0 saturated heterocycles. The lowest BCUT2D eigenvalue weighted by molar-refractivity contribution is 0.0784. The number of carbonyl (C=O) groups is 1. The fraction of sp³-hybridized carbons (Fsp3) is 0.565. The molecule has 1 aromatic carbocycles. The van der Waals surface area contributed by atoms with Crippen LogP contribution in [-0.2, 0) is 6.54 Å². The predicted octanol–water partition coefficient (Wildman–Crippen LogP) is 6.03. The van der Waals surface area contributed by atoms with Crippen molar-refractivity contribution in [3.63, 3.8) is 0 Å². The van der Waals surface area contributed by atoms with Crippen molar-refractivity contribution in [1.82, 2.24) is 10.1 Å². The van der Waals surface area contributed by atoms with E-state index in [1.165, 1.54) is 44.1 Å². The van der Waals surface area contributed by atoms with Crippen molar-refractivity contribution >= 4 is 5.91 Å². The van der Waals surface area contributed by atoms with Gasteiger partial charge in [0.15, 0.2) is 0 Å². The number of benzene rings is 1. The molecule has 4 nitrogen and oxygen atoms in total. The summed E-state index contributed by atoms with van der Waals surface area (Å²) in [5.74, 6) is 1.37. The van der Waals surface area contributed by atoms with E-state index < -0.39 is 0 Å². The van der Waals surface area contributed by atoms with Gasteiger partial charge in [-0.15, -0.1) is 0 Å². The molecule has 2 rings (SSSR count). The van der Waals surface area contributed by atoms with E-state index in [9.17, 15) is 4.79 Å². The van der Waals surface area contributed by atoms with Crippen LogP contribution >= 0.6 is 0 Å². The summed E-state index contributed by atoms with van der Waals surface area (Å²) in [4.78, 5) is 14.7. The van der Waals surface area contributed by atoms with Gasteiger partial charge in [-0.25, -0.2) is 0 Å². The third-order valence-corrected chi connectivity index (χ3v) is 5.34. The summed E-state index contributed by atoms with van der Waals surface area (Å²) in [7, 11) is 1.84. The van der Waals surface area contributed by atoms with Crippen molar-refractivity contribution in [2.45, 2.75) is 78.7 Å². The topological polar surface area (TPSA) is 46.3 Å². The van der Waals surface area contributed by atoms with E-state index in [0.29, 0.717) is 12.5 Å². The minimum Gasteiger partial charge on any atom is -0.361 e. The van der Waals surface area contributed by atoms with Crippen molar-refractivity contribution in [3.8, 4) is 0 Å². The van der Waals surface area contributed by atoms with Gasteiger partial charge < -0.3 is 9.42 Å². The highest BCUT2D eigenvalue weighted by Crippen LogP contribution is 2.28. The van der Waals surface area contributed by atoms with Gasteiger partial charge in [0.2, 0.25) is 0 Å². The highest BCUT2D eigenvalue weighted by Gasteiger charge is 2.18. The summed E-state index contributed by atoms with van der Waals surface area (Å²) >= 11 is 0. The molecule has 0 radical (unpaired) electrons. The number of hydrogen-bond donors (Lipinski definition) is 0. The van der Waals surface area contributed by atoms with Gasteiger partial charge in [-0.3, -0.25) is 4.79 Å². The van der Waals surface area contributed by atoms with Gasteiger partial charge in [-0.2, -0.15) is 0 Å². The molecule has 0 saturated carbocycles. The Morgan fingerprint density at radius 3 is 2.37 bits per heavy atom. The van der Waals surface area contributed by atoms with Gasteiger partial charge in [0.1, 0.15) is 5.76 Å². The Labute approximate surface area is 163 Å². The summed E-state index contributed by atoms with van der Waals surface area (Å²) < 4.78 is 5.22. The largest absolute Gasteiger partial charge is 0.361 e. The standard InChI is InChI=1S/C23H34N2O2/c1-6-8-11-19(12-9-7-2)20-13-10-14-21(15-20)23(26)25(5)16-22-17(3)24-27-18(22)4/h10,13-15,19H,6-9,11-12,16H2,1-5H3. The van der Waals surface area contributed by atoms with Gasteiger partial charge in [-0.1, -0.05) is 56.8 Å². The molecule has 0 atom stereocenters. The van der Waals surface area contributed by atoms with Crippen LogP contribution in [0.4, 0.5) is 0 Å². The third kappa shape index (κ3) is 5.69. The number of hydrogen-bond acceptors (Lipinski definition) is 3. The van der Waals surface area contributed by atoms with Crippen LogP contribution < -0.4 is 0 Å². The highest BCUT2D eigenvalue weighted by molar-refractivity contribution is 5.94. The van der Waals surface area contributed by atoms with Crippen LogP contribution in [0.3, 0.4) is 0 Å². The first-order chi connectivity index (χ1) is 13.0. The van der Waals surface area contributed by atoms with E-state index in [0.717, 1.165) is 22.6 Å². The smallest absolute Gasteiger partial charge is 0.253 e. The van der Waals surface area contributed by atoms with E-state index in [2.05, 4.69) is 31.1 Å². The van der Waals surface area contributed by atoms with Crippen molar-refractivity contribution < 1.29 is 9.32 Å². The maximum atomic E-state index is 13.0. The Kier molecular flexibility index (Phi) is 8.08. The Morgan fingerprint density at radius 1 is 1.15 bits per heavy atom. The first-order valence-corrected chi connectivity index (χ1v) is 10.2. The highest BCUT2D eigenvalue weighted by atomic mass is 16.5. The number of unbranched alkanes of at least 4 members (excludes halogenated alkanes) is 2. The lowest BCUT2D eigenvalue weighted by Crippen LogP contribution is -2.26. The molecule has 2 aromatic rings. The Bertz CT molecular complexity index is 708. The molecule has 4 heteroatoms. The van der Waals surface area contributed by atoms with E-state index in [1.54, 1.807) is 4.90 Å². The molecule has 1 aromatic heterocycles. The number of aromatic nitrogens is 1. The Hall–Kier alpha value is -2.10. The molecule has 0 unspecified atom stereocenters. The second kappa shape index (κ2) is 10.3. The SMILES string of the molecule is CCCCC(CCCC)c1cccc(C(=O)N(C)Cc2c(C)noc2C)c1. The van der Waals surface area contributed by atoms with Gasteiger partial charge in [0, 0.05) is 18.2 Å². The molecule has 27 heavy (non-hydrogen) atoms. The van der Waals surface area contributed by atoms with Crippen LogP contribution in [0.15, 0.2) is 28.8 Å². The van der Waals surface area contributed by atoms with Gasteiger partial charge in [0.05, 0.1) is 12.2 Å². The van der Waals surface area contributed by atoms with Crippen molar-refractivity contribution in [1.29, 1.82) is 0 Å². The van der Waals surface area contributed by atoms with Crippen LogP contribution in [-0.4, -0.2) is 23.0 Å². The lowest BCUT2D eigenvalue weighted by atomic mass is 9.88. The van der Waals surface area contributed by atoms with Crippen LogP contribution in [0.5, 0.6) is 0 Å². The Balaban J connectivity index is 2.15. The Morgan fingerprint density at radius 2 is 1.81 bits per heavy atom. The van der Waals surface area contributed by atoms with E-state index in [4.69, 9.17) is 4.52 Å². The van der Waals surface area contributed by atoms with Gasteiger partial charge >= 0.3 is 0 Å². The van der Waals surface area contributed by atoms with Gasteiger partial charge in [0.25, 0.3) is 5.91 Å². The summed E-state index contributed by atoms with van der Waals surface area (Å²) in [6.07, 6.45) is 7.28. The molecule has 0 fully saturated rings. The first-order valence-electron chi connectivity index (χ1n) is 10.2. The molecule has 0 aliphatic carbocycles. The van der Waals surface area contributed by atoms with Crippen LogP contribution in [0, 0.1) is 13.8 Å². The first kappa shape index (κ1) is 21.2. The van der Waals surface area contributed by atoms with Crippen LogP contribution in [0.1, 0.15) is 91.2 Å². The average Bonchev–Trinajstić information content (AvgIpc) is 2.99. The number of carbonyl (C=O) groups excluding carboxylic acids is 1. The zero-order valence-corrected chi connectivity index (χ0v) is 17.5. The summed E-state index contributed by atoms with van der Waals surface area (Å²) in [6, 6.07) is 8.23. The van der Waals surface area contributed by atoms with Crippen LogP contribution in [0.25, 0.3) is 0 Å². The minimum absolute atomic E-state index is 0.0431. The molecule has 0 spiro atoms. The maximum absolute atomic E-state index is 13.0. The zero-order chi connectivity index (χ0) is 19.8. The van der Waals surface area contributed by atoms with E-state index in [1.807, 2.05) is 33.0 Å². The molecular weight excluding hydrogens is 336 g/mol. The van der Waals surface area contributed by atoms with Crippen molar-refractivity contribution in [3.05, 3.63) is 52.4 Å². The van der Waals surface area contributed by atoms with E-state index in [-0.39, 0.29) is 5.91 Å². The summed E-state index contributed by atoms with van der Waals surface area (Å²) in [5, 5.41) is 3.98. The number of nitrogens with zero attached hydrogens (tertiary/aromatic N) is 2. The predicted molar refractivity (Wildman–Crippen MR) is 110 cm³/mol. The molecule has 0 bridgehead atoms. The summed E-state index contributed by atoms with van der Waals surface area (Å²) in [6.45, 7) is 8.79. The molecule has 1 amide bonds. The van der Waals surface area contributed by atoms with Crippen molar-refractivity contribution in [2.24, 2.45) is 0 Å². The fourth-order valence-electron chi connectivity index (χ4n) is 3.56. The molecule has 148 valence electrons. The average molecular weight is 371 g/mol. The summed E-state index contributed by atoms with van der Waals surface area (Å²) in [5.41, 5.74) is 3.90. The molecular formula is C23H34N2O2. The number of aryl methyl sites for hydroxylation is 2. The molecule has 0 aliphatic rings. The molecule has 1 heterocycles. The van der Waals surface area contributed by atoms with Crippen molar-refractivity contribution in [2.75, 3.05) is 7.05 Å². The normalized spacial score (nSPS) is 11.2.